The molecule has 1 aromatic heterocycles. The van der Waals surface area contributed by atoms with Crippen LogP contribution in [-0.2, 0) is 4.74 Å². The van der Waals surface area contributed by atoms with Crippen LogP contribution in [-0.4, -0.2) is 28.2 Å². The molecule has 0 radical (unpaired) electrons. The summed E-state index contributed by atoms with van der Waals surface area (Å²) in [6.45, 7) is 0.985. The molecule has 2 saturated carbocycles. The van der Waals surface area contributed by atoms with Crippen molar-refractivity contribution in [2.75, 3.05) is 18.1 Å². The Kier molecular flexibility index (Phi) is 2.09. The first-order chi connectivity index (χ1) is 8.24. The van der Waals surface area contributed by atoms with E-state index in [9.17, 15) is 0 Å². The molecule has 2 N–H and O–H groups in total. The van der Waals surface area contributed by atoms with E-state index in [0.29, 0.717) is 10.5 Å². The molecule has 4 nitrogen and oxygen atoms in total. The Hall–Kier alpha value is -0.330. The molecule has 0 amide bonds. The Bertz CT molecular complexity index is 459. The van der Waals surface area contributed by atoms with Gasteiger partial charge >= 0.3 is 0 Å². The van der Waals surface area contributed by atoms with Crippen molar-refractivity contribution in [2.24, 2.45) is 11.3 Å². The van der Waals surface area contributed by atoms with E-state index in [1.807, 2.05) is 11.8 Å². The third-order valence-corrected chi connectivity index (χ3v) is 6.88. The summed E-state index contributed by atoms with van der Waals surface area (Å²) in [4.78, 5) is 0. The van der Waals surface area contributed by atoms with E-state index in [0.717, 1.165) is 22.6 Å². The van der Waals surface area contributed by atoms with Gasteiger partial charge < -0.3 is 10.5 Å². The summed E-state index contributed by atoms with van der Waals surface area (Å²) >= 11 is 3.31. The van der Waals surface area contributed by atoms with Crippen LogP contribution in [0.5, 0.6) is 0 Å². The molecule has 0 bridgehead atoms. The summed E-state index contributed by atoms with van der Waals surface area (Å²) in [5.41, 5.74) is 6.29. The monoisotopic (exact) mass is 269 g/mol. The van der Waals surface area contributed by atoms with E-state index in [-0.39, 0.29) is 5.60 Å². The van der Waals surface area contributed by atoms with Gasteiger partial charge in [0.2, 0.25) is 5.13 Å². The number of aromatic nitrogens is 2. The molecule has 92 valence electrons. The number of nitrogens with zero attached hydrogens (tertiary/aromatic N) is 2. The van der Waals surface area contributed by atoms with Crippen LogP contribution in [0.25, 0.3) is 0 Å². The molecular weight excluding hydrogens is 254 g/mol. The molecule has 2 aliphatic carbocycles. The zero-order chi connectivity index (χ0) is 11.5. The van der Waals surface area contributed by atoms with Gasteiger partial charge in [0.05, 0.1) is 12.2 Å². The standard InChI is InChI=1S/C11H15N3OS2/c12-8-13-14-9(17-8)16-6-10-4-7(10)5-15-11(10)2-1-3-11/h7H,1-6H2,(H2,12,13)/t7-,10+/m0/s1. The lowest BCUT2D eigenvalue weighted by atomic mass is 9.69. The average Bonchev–Trinajstić information content (AvgIpc) is 2.66. The second-order valence-electron chi connectivity index (χ2n) is 5.41. The van der Waals surface area contributed by atoms with Crippen molar-refractivity contribution in [1.82, 2.24) is 10.2 Å². The van der Waals surface area contributed by atoms with Crippen LogP contribution in [0, 0.1) is 11.3 Å². The van der Waals surface area contributed by atoms with Crippen molar-refractivity contribution < 1.29 is 4.74 Å². The minimum atomic E-state index is 0.237. The molecule has 0 unspecified atom stereocenters. The van der Waals surface area contributed by atoms with Gasteiger partial charge in [-0.15, -0.1) is 10.2 Å². The summed E-state index contributed by atoms with van der Waals surface area (Å²) in [6.07, 6.45) is 5.23. The topological polar surface area (TPSA) is 61.0 Å². The van der Waals surface area contributed by atoms with Crippen molar-refractivity contribution >= 4 is 28.2 Å². The molecule has 3 fully saturated rings. The Morgan fingerprint density at radius 1 is 1.47 bits per heavy atom. The van der Waals surface area contributed by atoms with Gasteiger partial charge in [-0.1, -0.05) is 23.1 Å². The predicted molar refractivity (Wildman–Crippen MR) is 68.1 cm³/mol. The first kappa shape index (κ1) is 10.6. The second-order valence-corrected chi connectivity index (χ2v) is 7.64. The zero-order valence-electron chi connectivity index (χ0n) is 9.52. The summed E-state index contributed by atoms with van der Waals surface area (Å²) in [5, 5.41) is 8.51. The third-order valence-electron chi connectivity index (χ3n) is 4.74. The highest BCUT2D eigenvalue weighted by atomic mass is 32.2. The largest absolute Gasteiger partial charge is 0.374 e. The molecule has 0 aromatic carbocycles. The van der Waals surface area contributed by atoms with Crippen LogP contribution in [0.1, 0.15) is 25.7 Å². The van der Waals surface area contributed by atoms with Crippen LogP contribution in [0.4, 0.5) is 5.13 Å². The highest BCUT2D eigenvalue weighted by Gasteiger charge is 2.72. The van der Waals surface area contributed by atoms with Crippen molar-refractivity contribution in [3.63, 3.8) is 0 Å². The predicted octanol–water partition coefficient (Wildman–Crippen LogP) is 2.17. The Balaban J connectivity index is 1.49. The van der Waals surface area contributed by atoms with Crippen molar-refractivity contribution in [3.8, 4) is 0 Å². The van der Waals surface area contributed by atoms with E-state index in [4.69, 9.17) is 10.5 Å². The number of hydrogen-bond acceptors (Lipinski definition) is 6. The molecule has 3 aliphatic rings. The number of nitrogen functional groups attached to an aromatic ring is 1. The van der Waals surface area contributed by atoms with E-state index < -0.39 is 0 Å². The lowest BCUT2D eigenvalue weighted by molar-refractivity contribution is -0.105. The Morgan fingerprint density at radius 2 is 2.35 bits per heavy atom. The summed E-state index contributed by atoms with van der Waals surface area (Å²) in [7, 11) is 0. The Morgan fingerprint density at radius 3 is 2.94 bits per heavy atom. The fraction of sp³-hybridized carbons (Fsp3) is 0.818. The number of fused-ring (bicyclic) bond motifs is 2. The van der Waals surface area contributed by atoms with E-state index >= 15 is 0 Å². The molecule has 1 aromatic rings. The van der Waals surface area contributed by atoms with Crippen LogP contribution in [0.3, 0.4) is 0 Å². The fourth-order valence-electron chi connectivity index (χ4n) is 3.48. The lowest BCUT2D eigenvalue weighted by Crippen LogP contribution is -2.47. The average molecular weight is 269 g/mol. The van der Waals surface area contributed by atoms with Crippen LogP contribution < -0.4 is 5.73 Å². The quantitative estimate of drug-likeness (QED) is 0.852. The number of ether oxygens (including phenoxy) is 1. The minimum absolute atomic E-state index is 0.237. The molecule has 17 heavy (non-hydrogen) atoms. The number of hydrogen-bond donors (Lipinski definition) is 1. The van der Waals surface area contributed by atoms with E-state index in [2.05, 4.69) is 10.2 Å². The molecule has 4 rings (SSSR count). The van der Waals surface area contributed by atoms with Gasteiger partial charge in [-0.2, -0.15) is 0 Å². The van der Waals surface area contributed by atoms with Crippen LogP contribution in [0.15, 0.2) is 4.34 Å². The lowest BCUT2D eigenvalue weighted by Gasteiger charge is -2.45. The van der Waals surface area contributed by atoms with Gasteiger partial charge in [-0.3, -0.25) is 0 Å². The van der Waals surface area contributed by atoms with Crippen LogP contribution in [0.2, 0.25) is 0 Å². The summed E-state index contributed by atoms with van der Waals surface area (Å²) in [5.74, 6) is 1.94. The molecule has 2 atom stereocenters. The first-order valence-corrected chi connectivity index (χ1v) is 7.90. The Labute approximate surface area is 108 Å². The second kappa shape index (κ2) is 3.36. The first-order valence-electron chi connectivity index (χ1n) is 6.10. The van der Waals surface area contributed by atoms with E-state index in [1.165, 1.54) is 37.0 Å². The maximum absolute atomic E-state index is 6.06. The van der Waals surface area contributed by atoms with Gasteiger partial charge in [0.25, 0.3) is 0 Å². The molecule has 2 heterocycles. The van der Waals surface area contributed by atoms with E-state index in [1.54, 1.807) is 0 Å². The normalized spacial score (nSPS) is 36.8. The van der Waals surface area contributed by atoms with Gasteiger partial charge in [0, 0.05) is 11.2 Å². The van der Waals surface area contributed by atoms with Gasteiger partial charge in [-0.25, -0.2) is 0 Å². The number of rotatable bonds is 3. The van der Waals surface area contributed by atoms with Gasteiger partial charge in [0.15, 0.2) is 4.34 Å². The van der Waals surface area contributed by atoms with Crippen molar-refractivity contribution in [2.45, 2.75) is 35.6 Å². The molecule has 1 saturated heterocycles. The highest BCUT2D eigenvalue weighted by molar-refractivity contribution is 8.01. The molecule has 1 spiro atoms. The maximum atomic E-state index is 6.06. The van der Waals surface area contributed by atoms with Gasteiger partial charge in [0.1, 0.15) is 0 Å². The number of nitrogens with two attached hydrogens (primary N) is 1. The maximum Gasteiger partial charge on any atom is 0.203 e. The van der Waals surface area contributed by atoms with Crippen molar-refractivity contribution in [1.29, 1.82) is 0 Å². The summed E-state index contributed by atoms with van der Waals surface area (Å²) < 4.78 is 7.07. The minimum Gasteiger partial charge on any atom is -0.374 e. The van der Waals surface area contributed by atoms with Gasteiger partial charge in [-0.05, 0) is 31.6 Å². The van der Waals surface area contributed by atoms with Crippen LogP contribution >= 0.6 is 23.1 Å². The fourth-order valence-corrected chi connectivity index (χ4v) is 5.59. The zero-order valence-corrected chi connectivity index (χ0v) is 11.1. The molecule has 6 heteroatoms. The smallest absolute Gasteiger partial charge is 0.203 e. The summed E-state index contributed by atoms with van der Waals surface area (Å²) in [6, 6.07) is 0. The SMILES string of the molecule is Nc1nnc(SC[C@]23C[C@H]2COC32CCC2)s1. The molecular formula is C11H15N3OS2. The highest BCUT2D eigenvalue weighted by Crippen LogP contribution is 2.72. The molecule has 1 aliphatic heterocycles. The third kappa shape index (κ3) is 1.34. The number of anilines is 1. The van der Waals surface area contributed by atoms with Crippen molar-refractivity contribution in [3.05, 3.63) is 0 Å². The number of thioether (sulfide) groups is 1.